The molecular formula is C16H16N2OS. The molecule has 2 aromatic carbocycles. The van der Waals surface area contributed by atoms with Crippen LogP contribution in [0.1, 0.15) is 12.5 Å². The van der Waals surface area contributed by atoms with E-state index in [0.717, 1.165) is 17.6 Å². The molecule has 3 rings (SSSR count). The number of aromatic nitrogens is 1. The van der Waals surface area contributed by atoms with Gasteiger partial charge in [-0.2, -0.15) is 0 Å². The minimum atomic E-state index is 0.310. The molecule has 0 aliphatic heterocycles. The third-order valence-electron chi connectivity index (χ3n) is 3.22. The lowest BCUT2D eigenvalue weighted by atomic mass is 10.1. The van der Waals surface area contributed by atoms with Crippen molar-refractivity contribution in [2.75, 3.05) is 5.32 Å². The minimum absolute atomic E-state index is 0.310. The monoisotopic (exact) mass is 284 g/mol. The van der Waals surface area contributed by atoms with Crippen molar-refractivity contribution < 1.29 is 5.11 Å². The van der Waals surface area contributed by atoms with E-state index >= 15 is 0 Å². The Hall–Kier alpha value is -2.07. The maximum atomic E-state index is 9.29. The van der Waals surface area contributed by atoms with Gasteiger partial charge in [0.2, 0.25) is 0 Å². The van der Waals surface area contributed by atoms with Crippen LogP contribution >= 0.6 is 11.3 Å². The lowest BCUT2D eigenvalue weighted by Gasteiger charge is -2.15. The summed E-state index contributed by atoms with van der Waals surface area (Å²) in [5.41, 5.74) is 5.25. The fourth-order valence-electron chi connectivity index (χ4n) is 2.27. The number of nitrogens with zero attached hydrogens (tertiary/aromatic N) is 1. The van der Waals surface area contributed by atoms with E-state index in [9.17, 15) is 5.11 Å². The molecule has 0 amide bonds. The van der Waals surface area contributed by atoms with Crippen LogP contribution in [0.5, 0.6) is 5.75 Å². The van der Waals surface area contributed by atoms with Gasteiger partial charge in [0.25, 0.3) is 0 Å². The highest BCUT2D eigenvalue weighted by Crippen LogP contribution is 2.22. The van der Waals surface area contributed by atoms with Gasteiger partial charge in [-0.15, -0.1) is 11.3 Å². The maximum absolute atomic E-state index is 9.29. The van der Waals surface area contributed by atoms with Crippen molar-refractivity contribution in [1.29, 1.82) is 0 Å². The topological polar surface area (TPSA) is 45.1 Å². The maximum Gasteiger partial charge on any atom is 0.115 e. The summed E-state index contributed by atoms with van der Waals surface area (Å²) < 4.78 is 1.20. The first kappa shape index (κ1) is 12.9. The van der Waals surface area contributed by atoms with Crippen LogP contribution in [0.4, 0.5) is 5.69 Å². The van der Waals surface area contributed by atoms with Crippen LogP contribution in [0, 0.1) is 0 Å². The highest BCUT2D eigenvalue weighted by Gasteiger charge is 2.05. The molecule has 0 bridgehead atoms. The number of rotatable bonds is 4. The summed E-state index contributed by atoms with van der Waals surface area (Å²) in [6.45, 7) is 2.16. The quantitative estimate of drug-likeness (QED) is 0.760. The van der Waals surface area contributed by atoms with Crippen LogP contribution in [0.3, 0.4) is 0 Å². The first-order chi connectivity index (χ1) is 9.70. The van der Waals surface area contributed by atoms with E-state index in [1.807, 2.05) is 23.7 Å². The molecule has 3 nitrogen and oxygen atoms in total. The molecule has 0 radical (unpaired) electrons. The Labute approximate surface area is 121 Å². The van der Waals surface area contributed by atoms with Crippen molar-refractivity contribution in [1.82, 2.24) is 4.98 Å². The summed E-state index contributed by atoms with van der Waals surface area (Å²) in [4.78, 5) is 4.28. The van der Waals surface area contributed by atoms with Crippen molar-refractivity contribution in [2.45, 2.75) is 19.4 Å². The molecule has 2 N–H and O–H groups in total. The van der Waals surface area contributed by atoms with Crippen LogP contribution in [-0.2, 0) is 6.42 Å². The number of aromatic hydroxyl groups is 1. The largest absolute Gasteiger partial charge is 0.508 e. The van der Waals surface area contributed by atoms with Gasteiger partial charge in [-0.3, -0.25) is 0 Å². The molecule has 4 heteroatoms. The van der Waals surface area contributed by atoms with Crippen LogP contribution in [-0.4, -0.2) is 16.1 Å². The Morgan fingerprint density at radius 2 is 2.00 bits per heavy atom. The minimum Gasteiger partial charge on any atom is -0.508 e. The van der Waals surface area contributed by atoms with E-state index in [-0.39, 0.29) is 0 Å². The van der Waals surface area contributed by atoms with Gasteiger partial charge in [0.05, 0.1) is 15.7 Å². The Kier molecular flexibility index (Phi) is 3.56. The third-order valence-corrected chi connectivity index (χ3v) is 4.01. The molecule has 1 unspecified atom stereocenters. The number of thiazole rings is 1. The summed E-state index contributed by atoms with van der Waals surface area (Å²) in [5.74, 6) is 0.310. The molecule has 0 fully saturated rings. The molecule has 0 spiro atoms. The standard InChI is InChI=1S/C16H16N2OS/c1-11(8-12-2-5-14(19)6-3-12)18-13-4-7-15-16(9-13)20-10-17-15/h2-7,9-11,18-19H,8H2,1H3. The smallest absolute Gasteiger partial charge is 0.115 e. The average molecular weight is 284 g/mol. The lowest BCUT2D eigenvalue weighted by molar-refractivity contribution is 0.475. The number of anilines is 1. The van der Waals surface area contributed by atoms with Gasteiger partial charge in [0.15, 0.2) is 0 Å². The number of hydrogen-bond donors (Lipinski definition) is 2. The molecule has 1 aromatic heterocycles. The number of hydrogen-bond acceptors (Lipinski definition) is 4. The molecular weight excluding hydrogens is 268 g/mol. The zero-order valence-corrected chi connectivity index (χ0v) is 12.0. The van der Waals surface area contributed by atoms with Gasteiger partial charge in [-0.25, -0.2) is 4.98 Å². The first-order valence-electron chi connectivity index (χ1n) is 6.58. The van der Waals surface area contributed by atoms with Crippen molar-refractivity contribution >= 4 is 27.2 Å². The van der Waals surface area contributed by atoms with E-state index in [0.29, 0.717) is 11.8 Å². The summed E-state index contributed by atoms with van der Waals surface area (Å²) in [7, 11) is 0. The van der Waals surface area contributed by atoms with Gasteiger partial charge >= 0.3 is 0 Å². The van der Waals surface area contributed by atoms with Crippen LogP contribution < -0.4 is 5.32 Å². The van der Waals surface area contributed by atoms with Crippen molar-refractivity contribution in [3.63, 3.8) is 0 Å². The lowest BCUT2D eigenvalue weighted by Crippen LogP contribution is -2.17. The zero-order valence-electron chi connectivity index (χ0n) is 11.2. The summed E-state index contributed by atoms with van der Waals surface area (Å²) in [6.07, 6.45) is 0.918. The zero-order chi connectivity index (χ0) is 13.9. The molecule has 3 aromatic rings. The Morgan fingerprint density at radius 1 is 1.20 bits per heavy atom. The van der Waals surface area contributed by atoms with E-state index < -0.39 is 0 Å². The van der Waals surface area contributed by atoms with E-state index in [1.54, 1.807) is 23.5 Å². The van der Waals surface area contributed by atoms with E-state index in [1.165, 1.54) is 10.3 Å². The number of nitrogens with one attached hydrogen (secondary N) is 1. The highest BCUT2D eigenvalue weighted by atomic mass is 32.1. The van der Waals surface area contributed by atoms with Gasteiger partial charge in [0.1, 0.15) is 5.75 Å². The number of fused-ring (bicyclic) bond motifs is 1. The fourth-order valence-corrected chi connectivity index (χ4v) is 2.98. The molecule has 102 valence electrons. The average Bonchev–Trinajstić information content (AvgIpc) is 2.89. The fraction of sp³-hybridized carbons (Fsp3) is 0.188. The number of phenols is 1. The van der Waals surface area contributed by atoms with Gasteiger partial charge in [-0.1, -0.05) is 12.1 Å². The molecule has 0 aliphatic rings. The summed E-state index contributed by atoms with van der Waals surface area (Å²) >= 11 is 1.66. The summed E-state index contributed by atoms with van der Waals surface area (Å²) in [6, 6.07) is 13.9. The Bertz CT molecular complexity index is 706. The molecule has 0 saturated carbocycles. The molecule has 20 heavy (non-hydrogen) atoms. The van der Waals surface area contributed by atoms with Gasteiger partial charge in [-0.05, 0) is 49.2 Å². The molecule has 1 atom stereocenters. The first-order valence-corrected chi connectivity index (χ1v) is 7.46. The van der Waals surface area contributed by atoms with Gasteiger partial charge < -0.3 is 10.4 Å². The van der Waals surface area contributed by atoms with E-state index in [4.69, 9.17) is 0 Å². The molecule has 0 aliphatic carbocycles. The van der Waals surface area contributed by atoms with Crippen molar-refractivity contribution in [3.8, 4) is 5.75 Å². The second-order valence-electron chi connectivity index (χ2n) is 4.95. The molecule has 1 heterocycles. The number of benzene rings is 2. The van der Waals surface area contributed by atoms with Crippen molar-refractivity contribution in [2.24, 2.45) is 0 Å². The van der Waals surface area contributed by atoms with Crippen LogP contribution in [0.15, 0.2) is 48.0 Å². The van der Waals surface area contributed by atoms with Crippen LogP contribution in [0.25, 0.3) is 10.2 Å². The molecule has 0 saturated heterocycles. The Morgan fingerprint density at radius 3 is 2.80 bits per heavy atom. The van der Waals surface area contributed by atoms with Crippen LogP contribution in [0.2, 0.25) is 0 Å². The number of phenolic OH excluding ortho intramolecular Hbond substituents is 1. The predicted molar refractivity (Wildman–Crippen MR) is 84.5 cm³/mol. The van der Waals surface area contributed by atoms with Crippen molar-refractivity contribution in [3.05, 3.63) is 53.5 Å². The third kappa shape index (κ3) is 2.91. The second kappa shape index (κ2) is 5.51. The predicted octanol–water partition coefficient (Wildman–Crippen LogP) is 4.05. The van der Waals surface area contributed by atoms with Gasteiger partial charge in [0, 0.05) is 11.7 Å². The summed E-state index contributed by atoms with van der Waals surface area (Å²) in [5, 5.41) is 12.8. The highest BCUT2D eigenvalue weighted by molar-refractivity contribution is 7.16. The second-order valence-corrected chi connectivity index (χ2v) is 5.84. The van der Waals surface area contributed by atoms with E-state index in [2.05, 4.69) is 29.4 Å². The SMILES string of the molecule is CC(Cc1ccc(O)cc1)Nc1ccc2ncsc2c1. The normalized spacial score (nSPS) is 12.4. The Balaban J connectivity index is 1.68.